The molecule has 2 aromatic rings. The Hall–Kier alpha value is -3.31. The van der Waals surface area contributed by atoms with Gasteiger partial charge < -0.3 is 20.1 Å². The zero-order chi connectivity index (χ0) is 28.8. The third-order valence-corrected chi connectivity index (χ3v) is 7.99. The van der Waals surface area contributed by atoms with Gasteiger partial charge in [-0.1, -0.05) is 20.3 Å². The van der Waals surface area contributed by atoms with Gasteiger partial charge in [-0.05, 0) is 90.9 Å². The number of anilines is 1. The number of nitrogens with zero attached hydrogens (tertiary/aromatic N) is 1. The summed E-state index contributed by atoms with van der Waals surface area (Å²) in [6.07, 6.45) is 4.25. The van der Waals surface area contributed by atoms with Gasteiger partial charge >= 0.3 is 0 Å². The molecule has 0 aromatic heterocycles. The summed E-state index contributed by atoms with van der Waals surface area (Å²) >= 11 is 3.66. The molecule has 2 unspecified atom stereocenters. The number of ketones is 1. The highest BCUT2D eigenvalue weighted by Gasteiger charge is 2.39. The summed E-state index contributed by atoms with van der Waals surface area (Å²) in [4.78, 5) is 13.5. The minimum atomic E-state index is -0.492. The number of Topliss-reactive ketones (excluding diaryl/α,β-unsaturated/α-hetero) is 1. The number of dihydropyridines is 1. The first kappa shape index (κ1) is 29.7. The van der Waals surface area contributed by atoms with Crippen molar-refractivity contribution in [2.24, 2.45) is 5.92 Å². The molecule has 4 rings (SSSR count). The number of benzene rings is 2. The van der Waals surface area contributed by atoms with E-state index in [0.717, 1.165) is 54.9 Å². The molecule has 2 aromatic carbocycles. The van der Waals surface area contributed by atoms with Crippen molar-refractivity contribution in [2.75, 3.05) is 18.5 Å². The minimum absolute atomic E-state index is 0.0880. The van der Waals surface area contributed by atoms with E-state index in [-0.39, 0.29) is 18.2 Å². The Bertz CT molecular complexity index is 1380. The molecule has 6 nitrogen and oxygen atoms in total. The van der Waals surface area contributed by atoms with Gasteiger partial charge in [-0.2, -0.15) is 5.26 Å². The molecule has 1 heterocycles. The van der Waals surface area contributed by atoms with Crippen LogP contribution in [0, 0.1) is 23.1 Å². The lowest BCUT2D eigenvalue weighted by molar-refractivity contribution is -0.117. The Kier molecular flexibility index (Phi) is 9.91. The summed E-state index contributed by atoms with van der Waals surface area (Å²) in [6, 6.07) is 10.7. The van der Waals surface area contributed by atoms with Gasteiger partial charge in [0.1, 0.15) is 12.4 Å². The van der Waals surface area contributed by atoms with E-state index in [4.69, 9.17) is 9.47 Å². The molecule has 1 aliphatic heterocycles. The van der Waals surface area contributed by atoms with Crippen molar-refractivity contribution in [3.05, 3.63) is 74.3 Å². The van der Waals surface area contributed by atoms with Gasteiger partial charge in [-0.15, -0.1) is 0 Å². The molecule has 1 aliphatic carbocycles. The number of rotatable bonds is 11. The van der Waals surface area contributed by atoms with E-state index in [9.17, 15) is 14.4 Å². The molecule has 0 bridgehead atoms. The second kappa shape index (κ2) is 13.4. The topological polar surface area (TPSA) is 83.4 Å². The minimum Gasteiger partial charge on any atom is -0.490 e. The standard InChI is InChI=1S/C32H37BrFN3O3/c1-5-8-20-12-27-31(28(38)13-20)30(24(17-35)19(4)37-27)21-15-25(33)32(29(16-21)39-7-3)40-18-22-14-23(34)9-10-26(22)36-11-6-2/h9-10,14-16,20,30,36-37H,5-8,11-13,18H2,1-4H3. The van der Waals surface area contributed by atoms with Gasteiger partial charge in [0, 0.05) is 41.2 Å². The van der Waals surface area contributed by atoms with E-state index in [1.54, 1.807) is 6.07 Å². The summed E-state index contributed by atoms with van der Waals surface area (Å²) in [5, 5.41) is 16.8. The number of hydrogen-bond donors (Lipinski definition) is 2. The SMILES string of the molecule is CCCNc1ccc(F)cc1COc1c(Br)cc(C2C(C#N)=C(C)NC3=C2C(=O)CC(CCC)C3)cc1OCC. The van der Waals surface area contributed by atoms with Crippen LogP contribution in [0.3, 0.4) is 0 Å². The molecule has 2 atom stereocenters. The van der Waals surface area contributed by atoms with Crippen molar-refractivity contribution < 1.29 is 18.7 Å². The third-order valence-electron chi connectivity index (χ3n) is 7.40. The van der Waals surface area contributed by atoms with E-state index in [1.165, 1.54) is 12.1 Å². The average molecular weight is 611 g/mol. The van der Waals surface area contributed by atoms with Gasteiger partial charge in [-0.25, -0.2) is 4.39 Å². The first-order chi connectivity index (χ1) is 19.3. The second-order valence-electron chi connectivity index (χ2n) is 10.4. The molecular weight excluding hydrogens is 573 g/mol. The molecule has 8 heteroatoms. The summed E-state index contributed by atoms with van der Waals surface area (Å²) < 4.78 is 26.9. The van der Waals surface area contributed by atoms with Crippen molar-refractivity contribution in [3.8, 4) is 17.6 Å². The summed E-state index contributed by atoms with van der Waals surface area (Å²) in [5.74, 6) is 0.547. The summed E-state index contributed by atoms with van der Waals surface area (Å²) in [5.41, 5.74) is 5.18. The van der Waals surface area contributed by atoms with Gasteiger partial charge in [0.25, 0.3) is 0 Å². The molecule has 0 saturated carbocycles. The van der Waals surface area contributed by atoms with E-state index >= 15 is 0 Å². The molecule has 0 radical (unpaired) electrons. The Morgan fingerprint density at radius 2 is 1.95 bits per heavy atom. The van der Waals surface area contributed by atoms with E-state index in [0.29, 0.717) is 51.6 Å². The van der Waals surface area contributed by atoms with Gasteiger partial charge in [0.15, 0.2) is 17.3 Å². The summed E-state index contributed by atoms with van der Waals surface area (Å²) in [7, 11) is 0. The van der Waals surface area contributed by atoms with Crippen LogP contribution >= 0.6 is 15.9 Å². The van der Waals surface area contributed by atoms with Crippen LogP contribution in [0.25, 0.3) is 0 Å². The Balaban J connectivity index is 1.72. The molecule has 2 N–H and O–H groups in total. The first-order valence-corrected chi connectivity index (χ1v) is 14.9. The van der Waals surface area contributed by atoms with Crippen LogP contribution < -0.4 is 20.1 Å². The predicted molar refractivity (Wildman–Crippen MR) is 159 cm³/mol. The van der Waals surface area contributed by atoms with Gasteiger partial charge in [0.2, 0.25) is 0 Å². The molecule has 0 fully saturated rings. The smallest absolute Gasteiger partial charge is 0.175 e. The maximum Gasteiger partial charge on any atom is 0.175 e. The van der Waals surface area contributed by atoms with Gasteiger partial charge in [0.05, 0.1) is 28.6 Å². The molecule has 212 valence electrons. The highest BCUT2D eigenvalue weighted by atomic mass is 79.9. The Labute approximate surface area is 244 Å². The Morgan fingerprint density at radius 1 is 1.15 bits per heavy atom. The van der Waals surface area contributed by atoms with Crippen LogP contribution in [0.1, 0.15) is 76.8 Å². The summed E-state index contributed by atoms with van der Waals surface area (Å²) in [6.45, 7) is 9.27. The van der Waals surface area contributed by atoms with Crippen LogP contribution in [-0.4, -0.2) is 18.9 Å². The zero-order valence-corrected chi connectivity index (χ0v) is 25.2. The van der Waals surface area contributed by atoms with E-state index in [1.807, 2.05) is 26.0 Å². The largest absolute Gasteiger partial charge is 0.490 e. The molecule has 40 heavy (non-hydrogen) atoms. The molecular formula is C32H37BrFN3O3. The maximum absolute atomic E-state index is 14.1. The zero-order valence-electron chi connectivity index (χ0n) is 23.6. The molecule has 0 amide bonds. The quantitative estimate of drug-likeness (QED) is 0.269. The number of nitriles is 1. The van der Waals surface area contributed by atoms with Crippen molar-refractivity contribution in [1.82, 2.24) is 5.32 Å². The van der Waals surface area contributed by atoms with Crippen LogP contribution in [0.5, 0.6) is 11.5 Å². The highest BCUT2D eigenvalue weighted by Crippen LogP contribution is 2.47. The lowest BCUT2D eigenvalue weighted by atomic mass is 9.72. The maximum atomic E-state index is 14.1. The number of ether oxygens (including phenoxy) is 2. The van der Waals surface area contributed by atoms with Crippen molar-refractivity contribution in [1.29, 1.82) is 5.26 Å². The number of allylic oxidation sites excluding steroid dienone is 4. The number of carbonyl (C=O) groups is 1. The van der Waals surface area contributed by atoms with Crippen molar-refractivity contribution in [3.63, 3.8) is 0 Å². The average Bonchev–Trinajstić information content (AvgIpc) is 2.91. The van der Waals surface area contributed by atoms with Crippen LogP contribution in [0.15, 0.2) is 57.3 Å². The predicted octanol–water partition coefficient (Wildman–Crippen LogP) is 7.91. The van der Waals surface area contributed by atoms with E-state index in [2.05, 4.69) is 46.5 Å². The normalized spacial score (nSPS) is 18.7. The van der Waals surface area contributed by atoms with Gasteiger partial charge in [-0.3, -0.25) is 4.79 Å². The lowest BCUT2D eigenvalue weighted by Crippen LogP contribution is -2.34. The second-order valence-corrected chi connectivity index (χ2v) is 11.2. The molecule has 2 aliphatic rings. The highest BCUT2D eigenvalue weighted by molar-refractivity contribution is 9.10. The Morgan fingerprint density at radius 3 is 2.65 bits per heavy atom. The van der Waals surface area contributed by atoms with Crippen LogP contribution in [-0.2, 0) is 11.4 Å². The van der Waals surface area contributed by atoms with Crippen molar-refractivity contribution in [2.45, 2.75) is 72.3 Å². The number of hydrogen-bond acceptors (Lipinski definition) is 6. The number of carbonyl (C=O) groups excluding carboxylic acids is 1. The first-order valence-electron chi connectivity index (χ1n) is 14.1. The van der Waals surface area contributed by atoms with Crippen LogP contribution in [0.2, 0.25) is 0 Å². The molecule has 0 spiro atoms. The van der Waals surface area contributed by atoms with Crippen LogP contribution in [0.4, 0.5) is 10.1 Å². The fourth-order valence-electron chi connectivity index (χ4n) is 5.63. The monoisotopic (exact) mass is 609 g/mol. The fourth-order valence-corrected chi connectivity index (χ4v) is 6.21. The fraction of sp³-hybridized carbons (Fsp3) is 0.438. The lowest BCUT2D eigenvalue weighted by Gasteiger charge is -2.35. The van der Waals surface area contributed by atoms with Crippen molar-refractivity contribution >= 4 is 27.4 Å². The third kappa shape index (κ3) is 6.36. The number of halogens is 2. The number of nitrogens with one attached hydrogen (secondary N) is 2. The van der Waals surface area contributed by atoms with E-state index < -0.39 is 5.92 Å². The molecule has 0 saturated heterocycles.